The van der Waals surface area contributed by atoms with Crippen LogP contribution in [0.5, 0.6) is 0 Å². The SMILES string of the molecule is CN(C(=O)CN1CCN(CCO)CC1)C1CCCc2ccccc21. The molecule has 2 aliphatic rings. The molecule has 1 saturated heterocycles. The Morgan fingerprint density at radius 1 is 1.21 bits per heavy atom. The summed E-state index contributed by atoms with van der Waals surface area (Å²) in [6.07, 6.45) is 3.34. The molecule has 0 spiro atoms. The number of carbonyl (C=O) groups is 1. The summed E-state index contributed by atoms with van der Waals surface area (Å²) in [7, 11) is 1.96. The van der Waals surface area contributed by atoms with Gasteiger partial charge in [0.2, 0.25) is 5.91 Å². The second-order valence-corrected chi connectivity index (χ2v) is 6.95. The number of hydrogen-bond acceptors (Lipinski definition) is 4. The van der Waals surface area contributed by atoms with Gasteiger partial charge in [-0.05, 0) is 30.4 Å². The van der Waals surface area contributed by atoms with Gasteiger partial charge in [-0.15, -0.1) is 0 Å². The molecule has 24 heavy (non-hydrogen) atoms. The quantitative estimate of drug-likeness (QED) is 0.879. The van der Waals surface area contributed by atoms with Gasteiger partial charge >= 0.3 is 0 Å². The van der Waals surface area contributed by atoms with Gasteiger partial charge < -0.3 is 10.0 Å². The van der Waals surface area contributed by atoms with Crippen LogP contribution in [0.15, 0.2) is 24.3 Å². The van der Waals surface area contributed by atoms with Crippen molar-refractivity contribution >= 4 is 5.91 Å². The third kappa shape index (κ3) is 3.97. The van der Waals surface area contributed by atoms with Crippen LogP contribution in [-0.4, -0.2) is 78.6 Å². The summed E-state index contributed by atoms with van der Waals surface area (Å²) >= 11 is 0. The van der Waals surface area contributed by atoms with Crippen LogP contribution >= 0.6 is 0 Å². The predicted molar refractivity (Wildman–Crippen MR) is 94.9 cm³/mol. The number of benzene rings is 1. The molecule has 1 aliphatic carbocycles. The minimum atomic E-state index is 0.211. The Labute approximate surface area is 144 Å². The fraction of sp³-hybridized carbons (Fsp3) is 0.632. The predicted octanol–water partition coefficient (Wildman–Crippen LogP) is 1.13. The maximum atomic E-state index is 12.8. The van der Waals surface area contributed by atoms with Crippen molar-refractivity contribution in [3.8, 4) is 0 Å². The van der Waals surface area contributed by atoms with Crippen LogP contribution < -0.4 is 0 Å². The van der Waals surface area contributed by atoms with Crippen LogP contribution in [0.2, 0.25) is 0 Å². The zero-order valence-corrected chi connectivity index (χ0v) is 14.7. The van der Waals surface area contributed by atoms with Gasteiger partial charge in [-0.25, -0.2) is 0 Å². The summed E-state index contributed by atoms with van der Waals surface area (Å²) in [6, 6.07) is 8.76. The van der Waals surface area contributed by atoms with Gasteiger partial charge in [0, 0.05) is 39.8 Å². The van der Waals surface area contributed by atoms with E-state index in [2.05, 4.69) is 34.1 Å². The zero-order valence-electron chi connectivity index (χ0n) is 14.7. The molecule has 0 aromatic heterocycles. The molecule has 1 N–H and O–H groups in total. The van der Waals surface area contributed by atoms with Crippen molar-refractivity contribution in [2.75, 3.05) is 52.9 Å². The molecule has 1 aromatic rings. The topological polar surface area (TPSA) is 47.0 Å². The first kappa shape index (κ1) is 17.4. The number of carbonyl (C=O) groups excluding carboxylic acids is 1. The summed E-state index contributed by atoms with van der Waals surface area (Å²) in [5, 5.41) is 9.01. The molecular formula is C19H29N3O2. The Morgan fingerprint density at radius 2 is 1.92 bits per heavy atom. The molecule has 5 heteroatoms. The van der Waals surface area contributed by atoms with Crippen LogP contribution in [0.1, 0.15) is 30.0 Å². The largest absolute Gasteiger partial charge is 0.395 e. The molecule has 1 atom stereocenters. The van der Waals surface area contributed by atoms with E-state index in [1.54, 1.807) is 0 Å². The van der Waals surface area contributed by atoms with Crippen molar-refractivity contribution in [2.45, 2.75) is 25.3 Å². The molecule has 5 nitrogen and oxygen atoms in total. The van der Waals surface area contributed by atoms with E-state index in [1.165, 1.54) is 11.1 Å². The Kier molecular flexibility index (Phi) is 5.87. The van der Waals surface area contributed by atoms with Crippen LogP contribution in [0, 0.1) is 0 Å². The van der Waals surface area contributed by atoms with E-state index in [-0.39, 0.29) is 18.6 Å². The highest BCUT2D eigenvalue weighted by Gasteiger charge is 2.28. The van der Waals surface area contributed by atoms with E-state index in [4.69, 9.17) is 5.11 Å². The van der Waals surface area contributed by atoms with E-state index < -0.39 is 0 Å². The van der Waals surface area contributed by atoms with Crippen molar-refractivity contribution in [1.29, 1.82) is 0 Å². The summed E-state index contributed by atoms with van der Waals surface area (Å²) in [5.41, 5.74) is 2.72. The van der Waals surface area contributed by atoms with Crippen molar-refractivity contribution < 1.29 is 9.90 Å². The van der Waals surface area contributed by atoms with Crippen LogP contribution in [0.25, 0.3) is 0 Å². The van der Waals surface area contributed by atoms with Gasteiger partial charge in [0.05, 0.1) is 19.2 Å². The molecule has 1 unspecified atom stereocenters. The van der Waals surface area contributed by atoms with Gasteiger partial charge in [-0.1, -0.05) is 24.3 Å². The molecule has 0 radical (unpaired) electrons. The Morgan fingerprint density at radius 3 is 2.67 bits per heavy atom. The molecule has 3 rings (SSSR count). The normalized spacial score (nSPS) is 22.2. The van der Waals surface area contributed by atoms with Crippen LogP contribution in [-0.2, 0) is 11.2 Å². The lowest BCUT2D eigenvalue weighted by molar-refractivity contribution is -0.134. The average molecular weight is 331 g/mol. The van der Waals surface area contributed by atoms with Gasteiger partial charge in [-0.3, -0.25) is 14.6 Å². The smallest absolute Gasteiger partial charge is 0.237 e. The lowest BCUT2D eigenvalue weighted by atomic mass is 9.87. The number of aliphatic hydroxyl groups excluding tert-OH is 1. The van der Waals surface area contributed by atoms with E-state index in [9.17, 15) is 4.79 Å². The fourth-order valence-corrected chi connectivity index (χ4v) is 3.92. The van der Waals surface area contributed by atoms with E-state index in [1.807, 2.05) is 11.9 Å². The number of likely N-dealkylation sites (N-methyl/N-ethyl adjacent to an activating group) is 1. The third-order valence-corrected chi connectivity index (χ3v) is 5.44. The highest BCUT2D eigenvalue weighted by atomic mass is 16.3. The average Bonchev–Trinajstić information content (AvgIpc) is 2.62. The van der Waals surface area contributed by atoms with Gasteiger partial charge in [-0.2, -0.15) is 0 Å². The number of aryl methyl sites for hydroxylation is 1. The number of nitrogens with zero attached hydrogens (tertiary/aromatic N) is 3. The minimum Gasteiger partial charge on any atom is -0.395 e. The lowest BCUT2D eigenvalue weighted by Crippen LogP contribution is -2.50. The first-order valence-electron chi connectivity index (χ1n) is 9.08. The molecule has 132 valence electrons. The number of piperazine rings is 1. The van der Waals surface area contributed by atoms with Crippen molar-refractivity contribution in [3.05, 3.63) is 35.4 Å². The van der Waals surface area contributed by atoms with Crippen molar-refractivity contribution in [1.82, 2.24) is 14.7 Å². The monoisotopic (exact) mass is 331 g/mol. The molecule has 1 heterocycles. The summed E-state index contributed by atoms with van der Waals surface area (Å²) in [6.45, 7) is 5.13. The van der Waals surface area contributed by atoms with Crippen molar-refractivity contribution in [2.24, 2.45) is 0 Å². The van der Waals surface area contributed by atoms with E-state index >= 15 is 0 Å². The Balaban J connectivity index is 1.56. The lowest BCUT2D eigenvalue weighted by Gasteiger charge is -2.37. The number of fused-ring (bicyclic) bond motifs is 1. The summed E-state index contributed by atoms with van der Waals surface area (Å²) in [5.74, 6) is 0.215. The number of amides is 1. The fourth-order valence-electron chi connectivity index (χ4n) is 3.92. The highest BCUT2D eigenvalue weighted by Crippen LogP contribution is 2.33. The number of hydrogen-bond donors (Lipinski definition) is 1. The highest BCUT2D eigenvalue weighted by molar-refractivity contribution is 5.78. The van der Waals surface area contributed by atoms with Crippen molar-refractivity contribution in [3.63, 3.8) is 0 Å². The Hall–Kier alpha value is -1.43. The number of β-amino-alcohol motifs (C(OH)–C–C–N with tert-alkyl or cyclic N) is 1. The molecule has 0 bridgehead atoms. The van der Waals surface area contributed by atoms with Crippen LogP contribution in [0.4, 0.5) is 0 Å². The molecule has 1 aromatic carbocycles. The maximum absolute atomic E-state index is 12.8. The first-order chi connectivity index (χ1) is 11.7. The molecule has 1 fully saturated rings. The van der Waals surface area contributed by atoms with Crippen LogP contribution in [0.3, 0.4) is 0 Å². The maximum Gasteiger partial charge on any atom is 0.237 e. The second-order valence-electron chi connectivity index (χ2n) is 6.95. The van der Waals surface area contributed by atoms with Gasteiger partial charge in [0.25, 0.3) is 0 Å². The summed E-state index contributed by atoms with van der Waals surface area (Å²) < 4.78 is 0. The molecule has 1 amide bonds. The molecular weight excluding hydrogens is 302 g/mol. The molecule has 0 saturated carbocycles. The zero-order chi connectivity index (χ0) is 16.9. The number of aliphatic hydroxyl groups is 1. The van der Waals surface area contributed by atoms with E-state index in [0.717, 1.165) is 52.0 Å². The number of rotatable bonds is 5. The summed E-state index contributed by atoms with van der Waals surface area (Å²) in [4.78, 5) is 19.2. The standard InChI is InChI=1S/C19H29N3O2/c1-20(18-8-4-6-16-5-2-3-7-17(16)18)19(24)15-22-11-9-21(10-12-22)13-14-23/h2-3,5,7,18,23H,4,6,8-15H2,1H3. The Bertz CT molecular complexity index is 555. The van der Waals surface area contributed by atoms with Gasteiger partial charge in [0.15, 0.2) is 0 Å². The molecule has 1 aliphatic heterocycles. The second kappa shape index (κ2) is 8.10. The van der Waals surface area contributed by atoms with Gasteiger partial charge in [0.1, 0.15) is 0 Å². The minimum absolute atomic E-state index is 0.211. The van der Waals surface area contributed by atoms with E-state index in [0.29, 0.717) is 6.54 Å². The first-order valence-corrected chi connectivity index (χ1v) is 9.08. The third-order valence-electron chi connectivity index (χ3n) is 5.44.